The van der Waals surface area contributed by atoms with Crippen molar-refractivity contribution in [1.82, 2.24) is 0 Å². The van der Waals surface area contributed by atoms with E-state index in [2.05, 4.69) is 0 Å². The van der Waals surface area contributed by atoms with Crippen molar-refractivity contribution >= 4 is 17.7 Å². The third-order valence-corrected chi connectivity index (χ3v) is 4.44. The van der Waals surface area contributed by atoms with Gasteiger partial charge in [-0.2, -0.15) is 0 Å². The molecule has 1 heterocycles. The minimum Gasteiger partial charge on any atom is -0.461 e. The monoisotopic (exact) mass is 170 g/mol. The molecule has 11 heavy (non-hydrogen) atoms. The van der Waals surface area contributed by atoms with E-state index in [0.29, 0.717) is 5.25 Å². The number of carbonyl (C=O) groups is 1. The largest absolute Gasteiger partial charge is 0.461 e. The highest BCUT2D eigenvalue weighted by molar-refractivity contribution is 8.07. The Labute approximate surface area is 69.7 Å². The molecule has 3 fully saturated rings. The van der Waals surface area contributed by atoms with Crippen LogP contribution < -0.4 is 0 Å². The zero-order chi connectivity index (χ0) is 7.59. The van der Waals surface area contributed by atoms with Crippen LogP contribution in [0.3, 0.4) is 0 Å². The van der Waals surface area contributed by atoms with Gasteiger partial charge >= 0.3 is 5.97 Å². The van der Waals surface area contributed by atoms with E-state index in [-0.39, 0.29) is 12.1 Å². The molecule has 1 saturated heterocycles. The van der Waals surface area contributed by atoms with E-state index in [4.69, 9.17) is 4.74 Å². The van der Waals surface area contributed by atoms with E-state index >= 15 is 0 Å². The van der Waals surface area contributed by atoms with E-state index < -0.39 is 0 Å². The summed E-state index contributed by atoms with van der Waals surface area (Å²) in [6.45, 7) is 1.51. The molecular weight excluding hydrogens is 160 g/mol. The first-order chi connectivity index (χ1) is 5.27. The minimum atomic E-state index is -0.103. The number of hydrogen-bond acceptors (Lipinski definition) is 3. The maximum absolute atomic E-state index is 10.7. The Morgan fingerprint density at radius 3 is 2.82 bits per heavy atom. The number of esters is 1. The number of hydrogen-bond donors (Lipinski definition) is 0. The number of rotatable bonds is 1. The van der Waals surface area contributed by atoms with Crippen molar-refractivity contribution in [1.29, 1.82) is 0 Å². The van der Waals surface area contributed by atoms with Crippen molar-refractivity contribution in [3.05, 3.63) is 0 Å². The van der Waals surface area contributed by atoms with E-state index in [0.717, 1.165) is 17.1 Å². The summed E-state index contributed by atoms with van der Waals surface area (Å²) in [5.41, 5.74) is 0. The van der Waals surface area contributed by atoms with E-state index in [1.807, 2.05) is 11.8 Å². The molecule has 0 aromatic carbocycles. The first-order valence-corrected chi connectivity index (χ1v) is 5.04. The summed E-state index contributed by atoms with van der Waals surface area (Å²) in [7, 11) is 0. The first-order valence-electron chi connectivity index (χ1n) is 4.10. The maximum Gasteiger partial charge on any atom is 0.302 e. The quantitative estimate of drug-likeness (QED) is 0.434. The van der Waals surface area contributed by atoms with Gasteiger partial charge in [-0.05, 0) is 12.3 Å². The van der Waals surface area contributed by atoms with Crippen molar-refractivity contribution in [3.8, 4) is 0 Å². The molecule has 5 atom stereocenters. The van der Waals surface area contributed by atoms with Gasteiger partial charge in [0.05, 0.1) is 5.25 Å². The predicted molar refractivity (Wildman–Crippen MR) is 42.3 cm³/mol. The molecule has 0 spiro atoms. The Kier molecular flexibility index (Phi) is 1.02. The molecule has 0 aromatic heterocycles. The Morgan fingerprint density at radius 2 is 2.27 bits per heavy atom. The van der Waals surface area contributed by atoms with Crippen LogP contribution in [0.4, 0.5) is 0 Å². The van der Waals surface area contributed by atoms with Crippen molar-refractivity contribution in [2.75, 3.05) is 0 Å². The summed E-state index contributed by atoms with van der Waals surface area (Å²) in [6.07, 6.45) is 1.60. The zero-order valence-corrected chi connectivity index (χ0v) is 7.14. The SMILES string of the molecule is CC(=O)OC1C2CC2C2SC12. The second-order valence-electron chi connectivity index (χ2n) is 3.70. The van der Waals surface area contributed by atoms with Gasteiger partial charge in [0, 0.05) is 18.1 Å². The van der Waals surface area contributed by atoms with Crippen molar-refractivity contribution in [2.45, 2.75) is 29.9 Å². The van der Waals surface area contributed by atoms with Gasteiger partial charge in [-0.15, -0.1) is 11.8 Å². The van der Waals surface area contributed by atoms with Gasteiger partial charge < -0.3 is 4.74 Å². The minimum absolute atomic E-state index is 0.103. The van der Waals surface area contributed by atoms with Crippen LogP contribution in [0, 0.1) is 11.8 Å². The lowest BCUT2D eigenvalue weighted by Crippen LogP contribution is -2.21. The van der Waals surface area contributed by atoms with E-state index in [1.54, 1.807) is 0 Å². The topological polar surface area (TPSA) is 26.3 Å². The van der Waals surface area contributed by atoms with Crippen LogP contribution in [0.5, 0.6) is 0 Å². The van der Waals surface area contributed by atoms with Crippen LogP contribution in [-0.2, 0) is 9.53 Å². The average molecular weight is 170 g/mol. The Bertz CT molecular complexity index is 212. The van der Waals surface area contributed by atoms with Gasteiger partial charge in [0.15, 0.2) is 0 Å². The third kappa shape index (κ3) is 0.776. The van der Waals surface area contributed by atoms with Crippen LogP contribution in [0.15, 0.2) is 0 Å². The van der Waals surface area contributed by atoms with Crippen LogP contribution in [0.25, 0.3) is 0 Å². The third-order valence-electron chi connectivity index (χ3n) is 2.92. The molecule has 0 N–H and O–H groups in total. The molecule has 2 saturated carbocycles. The highest BCUT2D eigenvalue weighted by atomic mass is 32.2. The zero-order valence-electron chi connectivity index (χ0n) is 6.32. The number of ether oxygens (including phenoxy) is 1. The smallest absolute Gasteiger partial charge is 0.302 e. The first kappa shape index (κ1) is 6.35. The van der Waals surface area contributed by atoms with Crippen molar-refractivity contribution in [3.63, 3.8) is 0 Å². The van der Waals surface area contributed by atoms with Gasteiger partial charge in [-0.25, -0.2) is 0 Å². The number of fused-ring (bicyclic) bond motifs is 3. The fraction of sp³-hybridized carbons (Fsp3) is 0.875. The molecule has 0 radical (unpaired) electrons. The molecule has 60 valence electrons. The molecule has 5 unspecified atom stereocenters. The maximum atomic E-state index is 10.7. The summed E-state index contributed by atoms with van der Waals surface area (Å²) in [5, 5.41) is 1.55. The molecule has 2 nitrogen and oxygen atoms in total. The molecule has 0 amide bonds. The van der Waals surface area contributed by atoms with Crippen LogP contribution >= 0.6 is 11.8 Å². The highest BCUT2D eigenvalue weighted by Gasteiger charge is 2.69. The lowest BCUT2D eigenvalue weighted by molar-refractivity contribution is -0.146. The molecule has 2 aliphatic carbocycles. The van der Waals surface area contributed by atoms with Gasteiger partial charge in [0.2, 0.25) is 0 Å². The summed E-state index contributed by atoms with van der Waals surface area (Å²) in [4.78, 5) is 10.7. The fourth-order valence-electron chi connectivity index (χ4n) is 2.33. The van der Waals surface area contributed by atoms with Crippen LogP contribution in [0.1, 0.15) is 13.3 Å². The lowest BCUT2D eigenvalue weighted by atomic mass is 10.2. The predicted octanol–water partition coefficient (Wildman–Crippen LogP) is 1.05. The van der Waals surface area contributed by atoms with Crippen molar-refractivity contribution in [2.24, 2.45) is 11.8 Å². The summed E-state index contributed by atoms with van der Waals surface area (Å²) < 4.78 is 5.26. The molecule has 3 rings (SSSR count). The average Bonchev–Trinajstić information content (AvgIpc) is 2.78. The van der Waals surface area contributed by atoms with Gasteiger partial charge in [-0.3, -0.25) is 4.79 Å². The lowest BCUT2D eigenvalue weighted by Gasteiger charge is -2.11. The summed E-state index contributed by atoms with van der Waals surface area (Å²) in [5.74, 6) is 1.55. The van der Waals surface area contributed by atoms with Crippen LogP contribution in [0.2, 0.25) is 0 Å². The molecule has 0 aromatic rings. The molecular formula is C8H10O2S. The molecule has 0 bridgehead atoms. The van der Waals surface area contributed by atoms with Crippen LogP contribution in [-0.4, -0.2) is 22.6 Å². The molecule has 3 aliphatic rings. The second-order valence-corrected chi connectivity index (χ2v) is 5.06. The van der Waals surface area contributed by atoms with Gasteiger partial charge in [0.1, 0.15) is 6.10 Å². The Balaban J connectivity index is 1.73. The van der Waals surface area contributed by atoms with Gasteiger partial charge in [0.25, 0.3) is 0 Å². The van der Waals surface area contributed by atoms with E-state index in [1.165, 1.54) is 13.3 Å². The summed E-state index contributed by atoms with van der Waals surface area (Å²) in [6, 6.07) is 0. The number of thioether (sulfide) groups is 1. The van der Waals surface area contributed by atoms with E-state index in [9.17, 15) is 4.79 Å². The van der Waals surface area contributed by atoms with Crippen molar-refractivity contribution < 1.29 is 9.53 Å². The second kappa shape index (κ2) is 1.76. The molecule has 1 aliphatic heterocycles. The Hall–Kier alpha value is -0.180. The molecule has 3 heteroatoms. The normalized spacial score (nSPS) is 56.3. The number of carbonyl (C=O) groups excluding carboxylic acids is 1. The summed E-state index contributed by atoms with van der Waals surface area (Å²) >= 11 is 2.00. The van der Waals surface area contributed by atoms with Gasteiger partial charge in [-0.1, -0.05) is 0 Å². The fourth-order valence-corrected chi connectivity index (χ4v) is 3.88. The highest BCUT2D eigenvalue weighted by Crippen LogP contribution is 2.69. The standard InChI is InChI=1S/C8H10O2S/c1-3(9)10-6-4-2-5(4)7-8(6)11-7/h4-8H,2H2,1H3. The Morgan fingerprint density at radius 1 is 1.45 bits per heavy atom.